The zero-order valence-electron chi connectivity index (χ0n) is 10.3. The van der Waals surface area contributed by atoms with Gasteiger partial charge in [0, 0.05) is 0 Å². The number of methoxy groups -OCH3 is 2. The smallest absolute Gasteiger partial charge is 0.246 e. The average Bonchev–Trinajstić information content (AvgIpc) is 2.40. The monoisotopic (exact) mass is 540 g/mol. The van der Waals surface area contributed by atoms with Crippen LogP contribution in [0.4, 0.5) is 0 Å². The molecule has 0 aliphatic rings. The molecular weight excluding hydrogens is 533 g/mol. The van der Waals surface area contributed by atoms with Gasteiger partial charge in [0.1, 0.15) is 0 Å². The van der Waals surface area contributed by atoms with Crippen LogP contribution >= 0.6 is 68.4 Å². The van der Waals surface area contributed by atoms with E-state index in [0.29, 0.717) is 22.1 Å². The largest absolute Gasteiger partial charge is 0.479 e. The highest BCUT2D eigenvalue weighted by atomic mass is 127. The van der Waals surface area contributed by atoms with Crippen molar-refractivity contribution in [3.8, 4) is 11.8 Å². The van der Waals surface area contributed by atoms with Gasteiger partial charge in [0.25, 0.3) is 0 Å². The fourth-order valence-corrected chi connectivity index (χ4v) is 2.86. The van der Waals surface area contributed by atoms with Gasteiger partial charge in [-0.1, -0.05) is 23.2 Å². The molecule has 2 aromatic rings. The van der Waals surface area contributed by atoms with Crippen LogP contribution in [0.3, 0.4) is 0 Å². The Morgan fingerprint density at radius 3 is 1.40 bits per heavy atom. The summed E-state index contributed by atoms with van der Waals surface area (Å²) < 4.78 is 11.4. The maximum Gasteiger partial charge on any atom is 0.246 e. The van der Waals surface area contributed by atoms with Crippen LogP contribution in [0.5, 0.6) is 11.8 Å². The standard InChI is InChI=1S/2C5H4ClIN2O/c2*1-10-5-3(7)2-4(6)8-9-5/h2*2H,1H3. The first-order chi connectivity index (χ1) is 9.47. The molecule has 0 saturated carbocycles. The zero-order chi connectivity index (χ0) is 15.1. The zero-order valence-corrected chi connectivity index (χ0v) is 16.1. The van der Waals surface area contributed by atoms with Gasteiger partial charge in [0.2, 0.25) is 11.8 Å². The number of aromatic nitrogens is 4. The Kier molecular flexibility index (Phi) is 7.99. The Balaban J connectivity index is 0.000000200. The molecule has 0 atom stereocenters. The second-order valence-electron chi connectivity index (χ2n) is 3.05. The highest BCUT2D eigenvalue weighted by Crippen LogP contribution is 2.19. The predicted octanol–water partition coefficient (Wildman–Crippen LogP) is 3.49. The van der Waals surface area contributed by atoms with Gasteiger partial charge in [0.15, 0.2) is 10.3 Å². The van der Waals surface area contributed by atoms with E-state index >= 15 is 0 Å². The first kappa shape index (κ1) is 17.9. The Morgan fingerprint density at radius 2 is 1.15 bits per heavy atom. The third-order valence-corrected chi connectivity index (χ3v) is 3.67. The van der Waals surface area contributed by atoms with E-state index in [-0.39, 0.29) is 0 Å². The maximum atomic E-state index is 5.54. The molecule has 0 unspecified atom stereocenters. The first-order valence-electron chi connectivity index (χ1n) is 4.93. The number of hydrogen-bond donors (Lipinski definition) is 0. The minimum Gasteiger partial charge on any atom is -0.479 e. The molecule has 0 radical (unpaired) electrons. The summed E-state index contributed by atoms with van der Waals surface area (Å²) >= 11 is 15.2. The van der Waals surface area contributed by atoms with Crippen molar-refractivity contribution in [2.24, 2.45) is 0 Å². The lowest BCUT2D eigenvalue weighted by Gasteiger charge is -1.98. The van der Waals surface area contributed by atoms with E-state index < -0.39 is 0 Å². The normalized spacial score (nSPS) is 9.50. The summed E-state index contributed by atoms with van der Waals surface area (Å²) in [7, 11) is 3.08. The molecule has 2 aromatic heterocycles. The van der Waals surface area contributed by atoms with Gasteiger partial charge >= 0.3 is 0 Å². The molecule has 6 nitrogen and oxygen atoms in total. The molecule has 0 N–H and O–H groups in total. The third kappa shape index (κ3) is 5.66. The van der Waals surface area contributed by atoms with Gasteiger partial charge in [-0.15, -0.1) is 20.4 Å². The lowest BCUT2D eigenvalue weighted by atomic mass is 10.6. The first-order valence-corrected chi connectivity index (χ1v) is 7.84. The summed E-state index contributed by atoms with van der Waals surface area (Å²) in [6, 6.07) is 3.38. The Hall–Kier alpha value is -0.200. The Bertz CT molecular complexity index is 538. The fraction of sp³-hybridized carbons (Fsp3) is 0.200. The lowest BCUT2D eigenvalue weighted by Crippen LogP contribution is -1.93. The molecule has 0 bridgehead atoms. The molecular formula is C10H8Cl2I2N4O2. The molecule has 0 spiro atoms. The van der Waals surface area contributed by atoms with E-state index in [4.69, 9.17) is 32.7 Å². The van der Waals surface area contributed by atoms with Crippen molar-refractivity contribution in [1.29, 1.82) is 0 Å². The molecule has 20 heavy (non-hydrogen) atoms. The van der Waals surface area contributed by atoms with Crippen LogP contribution in [-0.2, 0) is 0 Å². The van der Waals surface area contributed by atoms with Crippen LogP contribution in [0.25, 0.3) is 0 Å². The number of nitrogens with zero attached hydrogens (tertiary/aromatic N) is 4. The van der Waals surface area contributed by atoms with Crippen LogP contribution in [0.15, 0.2) is 12.1 Å². The summed E-state index contributed by atoms with van der Waals surface area (Å²) in [6.07, 6.45) is 0. The van der Waals surface area contributed by atoms with Crippen molar-refractivity contribution < 1.29 is 9.47 Å². The molecule has 0 fully saturated rings. The van der Waals surface area contributed by atoms with Gasteiger partial charge in [-0.25, -0.2) is 0 Å². The van der Waals surface area contributed by atoms with Crippen molar-refractivity contribution in [2.75, 3.05) is 14.2 Å². The minimum atomic E-state index is 0.380. The molecule has 0 amide bonds. The average molecular weight is 541 g/mol. The summed E-state index contributed by atoms with van der Waals surface area (Å²) in [6.45, 7) is 0. The Labute approximate surface area is 152 Å². The number of hydrogen-bond acceptors (Lipinski definition) is 6. The van der Waals surface area contributed by atoms with Crippen molar-refractivity contribution >= 4 is 68.4 Å². The third-order valence-electron chi connectivity index (χ3n) is 1.76. The van der Waals surface area contributed by atoms with E-state index in [9.17, 15) is 0 Å². The number of ether oxygens (including phenoxy) is 2. The summed E-state index contributed by atoms with van der Waals surface area (Å²) in [5.74, 6) is 1.01. The molecule has 108 valence electrons. The molecule has 0 aliphatic heterocycles. The van der Waals surface area contributed by atoms with Gasteiger partial charge in [-0.2, -0.15) is 0 Å². The van der Waals surface area contributed by atoms with Gasteiger partial charge in [-0.3, -0.25) is 0 Å². The van der Waals surface area contributed by atoms with Gasteiger partial charge in [0.05, 0.1) is 21.4 Å². The van der Waals surface area contributed by atoms with E-state index in [1.54, 1.807) is 26.4 Å². The minimum absolute atomic E-state index is 0.380. The highest BCUT2D eigenvalue weighted by molar-refractivity contribution is 14.1. The molecule has 2 heterocycles. The van der Waals surface area contributed by atoms with E-state index in [0.717, 1.165) is 7.14 Å². The predicted molar refractivity (Wildman–Crippen MR) is 92.6 cm³/mol. The molecule has 2 rings (SSSR count). The lowest BCUT2D eigenvalue weighted by molar-refractivity contribution is 0.388. The summed E-state index contributed by atoms with van der Waals surface area (Å²) in [5, 5.41) is 15.3. The topological polar surface area (TPSA) is 70.0 Å². The quantitative estimate of drug-likeness (QED) is 0.543. The van der Waals surface area contributed by atoms with Crippen LogP contribution in [0, 0.1) is 7.14 Å². The van der Waals surface area contributed by atoms with Crippen molar-refractivity contribution in [1.82, 2.24) is 20.4 Å². The van der Waals surface area contributed by atoms with Gasteiger partial charge in [-0.05, 0) is 57.3 Å². The number of rotatable bonds is 2. The highest BCUT2D eigenvalue weighted by Gasteiger charge is 2.02. The van der Waals surface area contributed by atoms with E-state index in [2.05, 4.69) is 65.6 Å². The second kappa shape index (κ2) is 8.95. The van der Waals surface area contributed by atoms with E-state index in [1.165, 1.54) is 0 Å². The Morgan fingerprint density at radius 1 is 0.800 bits per heavy atom. The SMILES string of the molecule is COc1nnc(Cl)cc1I.COc1nnc(Cl)cc1I. The van der Waals surface area contributed by atoms with Crippen LogP contribution in [-0.4, -0.2) is 34.6 Å². The van der Waals surface area contributed by atoms with E-state index in [1.807, 2.05) is 0 Å². The van der Waals surface area contributed by atoms with Gasteiger partial charge < -0.3 is 9.47 Å². The fourth-order valence-electron chi connectivity index (χ4n) is 0.949. The van der Waals surface area contributed by atoms with Crippen molar-refractivity contribution in [3.63, 3.8) is 0 Å². The van der Waals surface area contributed by atoms with Crippen molar-refractivity contribution in [3.05, 3.63) is 29.6 Å². The second-order valence-corrected chi connectivity index (χ2v) is 6.15. The molecule has 0 saturated heterocycles. The maximum absolute atomic E-state index is 5.54. The van der Waals surface area contributed by atoms with Crippen LogP contribution in [0.1, 0.15) is 0 Å². The molecule has 10 heteroatoms. The summed E-state index contributed by atoms with van der Waals surface area (Å²) in [5.41, 5.74) is 0. The van der Waals surface area contributed by atoms with Crippen LogP contribution < -0.4 is 9.47 Å². The summed E-state index contributed by atoms with van der Waals surface area (Å²) in [4.78, 5) is 0. The molecule has 0 aliphatic carbocycles. The van der Waals surface area contributed by atoms with Crippen molar-refractivity contribution in [2.45, 2.75) is 0 Å². The number of halogens is 4. The molecule has 0 aromatic carbocycles. The van der Waals surface area contributed by atoms with Crippen LogP contribution in [0.2, 0.25) is 10.3 Å².